The van der Waals surface area contributed by atoms with Crippen LogP contribution in [-0.2, 0) is 19.0 Å². The summed E-state index contributed by atoms with van der Waals surface area (Å²) < 4.78 is 33.0. The second kappa shape index (κ2) is 7.77. The fourth-order valence-corrected chi connectivity index (χ4v) is 8.22. The standard InChI is InChI=1S/C30H36FNO6/c1-14-12-29-15(2)10-18-22(27(18,3)4)17(23(29)33)11-16-13-36-28(5,6)38-25(16)30(29,35)24(14)37-26(34)21-19(31)8-7-9-20(21)32/h7-9,11-12,15,17-18,22,24-25,35H,10,13,32H2,1-6H3/t15-,17+,18-,22?,24+,25-,29+,30-/m1/s1. The number of hydrogen-bond donors (Lipinski definition) is 2. The van der Waals surface area contributed by atoms with Crippen LogP contribution >= 0.6 is 0 Å². The van der Waals surface area contributed by atoms with Gasteiger partial charge in [0.2, 0.25) is 0 Å². The van der Waals surface area contributed by atoms with Crippen LogP contribution in [0.2, 0.25) is 0 Å². The number of ketones is 1. The van der Waals surface area contributed by atoms with Crippen LogP contribution in [0.15, 0.2) is 41.5 Å². The molecule has 1 aromatic rings. The number of halogens is 1. The van der Waals surface area contributed by atoms with E-state index in [-0.39, 0.29) is 35.3 Å². The molecule has 1 aromatic carbocycles. The molecule has 2 bridgehead atoms. The lowest BCUT2D eigenvalue weighted by Gasteiger charge is -2.52. The van der Waals surface area contributed by atoms with Crippen LogP contribution in [0.1, 0.15) is 58.3 Å². The smallest absolute Gasteiger partial charge is 0.343 e. The summed E-state index contributed by atoms with van der Waals surface area (Å²) in [7, 11) is 0. The first-order chi connectivity index (χ1) is 17.7. The van der Waals surface area contributed by atoms with E-state index in [4.69, 9.17) is 19.9 Å². The molecule has 1 spiro atoms. The van der Waals surface area contributed by atoms with E-state index in [9.17, 15) is 19.1 Å². The maximum absolute atomic E-state index is 14.7. The molecule has 8 atom stereocenters. The minimum absolute atomic E-state index is 0.00749. The number of esters is 1. The Morgan fingerprint density at radius 3 is 2.63 bits per heavy atom. The third kappa shape index (κ3) is 3.11. The number of fused-ring (bicyclic) bond motifs is 5. The third-order valence-corrected chi connectivity index (χ3v) is 10.1. The molecule has 3 fully saturated rings. The van der Waals surface area contributed by atoms with Crippen LogP contribution in [0.4, 0.5) is 10.1 Å². The molecule has 0 aromatic heterocycles. The maximum Gasteiger partial charge on any atom is 0.343 e. The number of rotatable bonds is 2. The van der Waals surface area contributed by atoms with Crippen molar-refractivity contribution in [3.63, 3.8) is 0 Å². The van der Waals surface area contributed by atoms with E-state index >= 15 is 0 Å². The second-order valence-corrected chi connectivity index (χ2v) is 13.0. The Morgan fingerprint density at radius 2 is 1.95 bits per heavy atom. The summed E-state index contributed by atoms with van der Waals surface area (Å²) in [6.07, 6.45) is 2.25. The van der Waals surface area contributed by atoms with Gasteiger partial charge in [-0.3, -0.25) is 4.79 Å². The number of anilines is 1. The average molecular weight is 526 g/mol. The molecule has 1 saturated heterocycles. The molecule has 4 aliphatic carbocycles. The number of nitrogens with two attached hydrogens (primary N) is 1. The first-order valence-electron chi connectivity index (χ1n) is 13.4. The van der Waals surface area contributed by atoms with Crippen molar-refractivity contribution < 1.29 is 33.3 Å². The van der Waals surface area contributed by atoms with Gasteiger partial charge in [0.1, 0.15) is 17.5 Å². The largest absolute Gasteiger partial charge is 0.451 e. The Balaban J connectivity index is 1.53. The molecule has 3 N–H and O–H groups in total. The summed E-state index contributed by atoms with van der Waals surface area (Å²) in [6, 6.07) is 3.95. The van der Waals surface area contributed by atoms with Crippen molar-refractivity contribution in [2.24, 2.45) is 34.5 Å². The molecule has 1 aliphatic heterocycles. The molecule has 7 nitrogen and oxygen atoms in total. The number of Topliss-reactive ketones (excluding diaryl/α,β-unsaturated/α-hetero) is 1. The minimum Gasteiger partial charge on any atom is -0.451 e. The Hall–Kier alpha value is -2.55. The Kier molecular flexibility index (Phi) is 5.26. The van der Waals surface area contributed by atoms with Crippen LogP contribution in [0.25, 0.3) is 0 Å². The first kappa shape index (κ1) is 25.7. The minimum atomic E-state index is -1.97. The summed E-state index contributed by atoms with van der Waals surface area (Å²) in [4.78, 5) is 28.1. The molecule has 0 amide bonds. The summed E-state index contributed by atoms with van der Waals surface area (Å²) in [5, 5.41) is 13.0. The van der Waals surface area contributed by atoms with Gasteiger partial charge >= 0.3 is 5.97 Å². The van der Waals surface area contributed by atoms with Crippen molar-refractivity contribution in [1.82, 2.24) is 0 Å². The quantitative estimate of drug-likeness (QED) is 0.339. The predicted molar refractivity (Wildman–Crippen MR) is 137 cm³/mol. The van der Waals surface area contributed by atoms with Crippen molar-refractivity contribution >= 4 is 17.4 Å². The highest BCUT2D eigenvalue weighted by Crippen LogP contribution is 2.72. The van der Waals surface area contributed by atoms with Gasteiger partial charge < -0.3 is 25.1 Å². The predicted octanol–water partition coefficient (Wildman–Crippen LogP) is 4.20. The summed E-state index contributed by atoms with van der Waals surface area (Å²) >= 11 is 0. The number of carbonyl (C=O) groups excluding carboxylic acids is 2. The third-order valence-electron chi connectivity index (χ3n) is 10.1. The zero-order valence-corrected chi connectivity index (χ0v) is 22.7. The highest BCUT2D eigenvalue weighted by Gasteiger charge is 2.77. The van der Waals surface area contributed by atoms with Gasteiger partial charge in [-0.15, -0.1) is 0 Å². The van der Waals surface area contributed by atoms with Gasteiger partial charge in [-0.25, -0.2) is 9.18 Å². The van der Waals surface area contributed by atoms with E-state index in [1.165, 1.54) is 12.1 Å². The number of ether oxygens (including phenoxy) is 3. The van der Waals surface area contributed by atoms with Gasteiger partial charge in [0.15, 0.2) is 23.3 Å². The molecule has 2 saturated carbocycles. The monoisotopic (exact) mass is 525 g/mol. The number of aliphatic hydroxyl groups is 1. The number of benzene rings is 1. The number of hydrogen-bond acceptors (Lipinski definition) is 7. The first-order valence-corrected chi connectivity index (χ1v) is 13.4. The summed E-state index contributed by atoms with van der Waals surface area (Å²) in [5.74, 6) is -3.20. The van der Waals surface area contributed by atoms with Crippen molar-refractivity contribution in [2.45, 2.75) is 71.6 Å². The van der Waals surface area contributed by atoms with Gasteiger partial charge in [-0.1, -0.05) is 39.0 Å². The summed E-state index contributed by atoms with van der Waals surface area (Å²) in [6.45, 7) is 11.8. The lowest BCUT2D eigenvalue weighted by atomic mass is 9.59. The summed E-state index contributed by atoms with van der Waals surface area (Å²) in [5.41, 5.74) is 3.31. The van der Waals surface area contributed by atoms with Crippen LogP contribution < -0.4 is 5.73 Å². The zero-order chi connectivity index (χ0) is 27.6. The van der Waals surface area contributed by atoms with Crippen molar-refractivity contribution in [1.29, 1.82) is 0 Å². The second-order valence-electron chi connectivity index (χ2n) is 13.0. The number of nitrogen functional groups attached to an aromatic ring is 1. The molecule has 1 unspecified atom stereocenters. The fraction of sp³-hybridized carbons (Fsp3) is 0.600. The van der Waals surface area contributed by atoms with Crippen LogP contribution in [0.5, 0.6) is 0 Å². The van der Waals surface area contributed by atoms with Gasteiger partial charge in [0.25, 0.3) is 0 Å². The van der Waals surface area contributed by atoms with E-state index in [1.807, 2.05) is 13.0 Å². The van der Waals surface area contributed by atoms with Crippen LogP contribution in [-0.4, -0.2) is 47.1 Å². The van der Waals surface area contributed by atoms with Gasteiger partial charge in [0.05, 0.1) is 12.0 Å². The Labute approximate surface area is 222 Å². The van der Waals surface area contributed by atoms with Gasteiger partial charge in [-0.05, 0) is 73.6 Å². The molecule has 5 aliphatic rings. The zero-order valence-electron chi connectivity index (χ0n) is 22.7. The van der Waals surface area contributed by atoms with E-state index in [1.54, 1.807) is 26.8 Å². The molecule has 0 radical (unpaired) electrons. The maximum atomic E-state index is 14.7. The molecule has 204 valence electrons. The topological polar surface area (TPSA) is 108 Å². The Bertz CT molecular complexity index is 1300. The molecule has 6 rings (SSSR count). The number of allylic oxidation sites excluding steroid dienone is 1. The van der Waals surface area contributed by atoms with Crippen LogP contribution in [0.3, 0.4) is 0 Å². The molecule has 38 heavy (non-hydrogen) atoms. The highest BCUT2D eigenvalue weighted by atomic mass is 19.1. The van der Waals surface area contributed by atoms with Crippen molar-refractivity contribution in [2.75, 3.05) is 12.3 Å². The van der Waals surface area contributed by atoms with E-state index in [0.29, 0.717) is 17.1 Å². The fourth-order valence-electron chi connectivity index (χ4n) is 8.22. The average Bonchev–Trinajstić information content (AvgIpc) is 3.31. The highest BCUT2D eigenvalue weighted by molar-refractivity contribution is 5.97. The lowest BCUT2D eigenvalue weighted by molar-refractivity contribution is -0.302. The van der Waals surface area contributed by atoms with Crippen molar-refractivity contribution in [3.8, 4) is 0 Å². The Morgan fingerprint density at radius 1 is 1.24 bits per heavy atom. The van der Waals surface area contributed by atoms with Gasteiger partial charge in [-0.2, -0.15) is 0 Å². The normalized spacial score (nSPS) is 41.9. The molecular formula is C30H36FNO6. The van der Waals surface area contributed by atoms with E-state index in [0.717, 1.165) is 12.5 Å². The lowest BCUT2D eigenvalue weighted by Crippen LogP contribution is -2.68. The van der Waals surface area contributed by atoms with Crippen LogP contribution in [0, 0.1) is 40.3 Å². The molecular weight excluding hydrogens is 489 g/mol. The van der Waals surface area contributed by atoms with E-state index < -0.39 is 52.3 Å². The molecule has 8 heteroatoms. The van der Waals surface area contributed by atoms with E-state index in [2.05, 4.69) is 13.8 Å². The number of carbonyl (C=O) groups is 2. The van der Waals surface area contributed by atoms with Gasteiger partial charge in [0, 0.05) is 11.6 Å². The van der Waals surface area contributed by atoms with Crippen molar-refractivity contribution in [3.05, 3.63) is 52.9 Å². The SMILES string of the molecule is CC1=C[C@]23C(=O)[C@@H](C=C4COC(C)(C)O[C@H]4[C@]2(O)[C@H]1OC(=O)c1c(N)cccc1F)C1[C@@H](C[C@H]3C)C1(C)C. The molecule has 1 heterocycles.